The van der Waals surface area contributed by atoms with E-state index in [2.05, 4.69) is 15.1 Å². The minimum atomic E-state index is -3.72. The van der Waals surface area contributed by atoms with E-state index >= 15 is 0 Å². The summed E-state index contributed by atoms with van der Waals surface area (Å²) >= 11 is 0. The van der Waals surface area contributed by atoms with Crippen molar-refractivity contribution in [3.05, 3.63) is 71.9 Å². The summed E-state index contributed by atoms with van der Waals surface area (Å²) in [5.74, 6) is 0.323. The number of benzene rings is 1. The highest BCUT2D eigenvalue weighted by atomic mass is 32.2. The molecule has 0 spiro atoms. The number of aromatic nitrogens is 2. The number of furan rings is 1. The molecule has 2 heterocycles. The second kappa shape index (κ2) is 8.22. The van der Waals surface area contributed by atoms with E-state index < -0.39 is 21.5 Å². The molecule has 9 heteroatoms. The van der Waals surface area contributed by atoms with Crippen molar-refractivity contribution >= 4 is 15.9 Å². The van der Waals surface area contributed by atoms with Crippen molar-refractivity contribution in [1.82, 2.24) is 19.8 Å². The van der Waals surface area contributed by atoms with Crippen LogP contribution >= 0.6 is 0 Å². The summed E-state index contributed by atoms with van der Waals surface area (Å²) in [7, 11) is -3.72. The molecule has 2 aromatic heterocycles. The maximum absolute atomic E-state index is 12.7. The molecule has 1 aromatic carbocycles. The summed E-state index contributed by atoms with van der Waals surface area (Å²) in [6.45, 7) is 5.78. The molecule has 3 aromatic rings. The fraction of sp³-hybridized carbons (Fsp3) is 0.300. The molecule has 2 N–H and O–H groups in total. The molecule has 0 radical (unpaired) electrons. The Morgan fingerprint density at radius 2 is 1.90 bits per heavy atom. The molecule has 0 saturated heterocycles. The van der Waals surface area contributed by atoms with Gasteiger partial charge in [-0.3, -0.25) is 9.48 Å². The number of amides is 1. The largest absolute Gasteiger partial charge is 0.454 e. The van der Waals surface area contributed by atoms with E-state index in [1.54, 1.807) is 74.2 Å². The van der Waals surface area contributed by atoms with Gasteiger partial charge in [0, 0.05) is 24.5 Å². The van der Waals surface area contributed by atoms with E-state index in [-0.39, 0.29) is 17.2 Å². The van der Waals surface area contributed by atoms with Crippen LogP contribution in [0.1, 0.15) is 42.6 Å². The number of nitrogens with zero attached hydrogens (tertiary/aromatic N) is 2. The molecular formula is C20H24N4O4S. The summed E-state index contributed by atoms with van der Waals surface area (Å²) in [6, 6.07) is 11.7. The molecule has 0 unspecified atom stereocenters. The summed E-state index contributed by atoms with van der Waals surface area (Å²) in [5.41, 5.74) is -0.130. The Hall–Kier alpha value is -2.91. The number of nitrogens with one attached hydrogen (secondary N) is 2. The first-order valence-corrected chi connectivity index (χ1v) is 10.6. The highest BCUT2D eigenvalue weighted by Gasteiger charge is 2.24. The minimum absolute atomic E-state index is 0.0508. The maximum atomic E-state index is 12.7. The van der Waals surface area contributed by atoms with E-state index in [0.717, 1.165) is 0 Å². The van der Waals surface area contributed by atoms with Gasteiger partial charge in [0.25, 0.3) is 5.91 Å². The quantitative estimate of drug-likeness (QED) is 0.616. The van der Waals surface area contributed by atoms with Gasteiger partial charge in [-0.15, -0.1) is 0 Å². The molecule has 0 atom stereocenters. The lowest BCUT2D eigenvalue weighted by Gasteiger charge is -2.21. The molecule has 0 aliphatic heterocycles. The zero-order valence-electron chi connectivity index (χ0n) is 16.5. The first-order chi connectivity index (χ1) is 13.6. The molecular weight excluding hydrogens is 392 g/mol. The third-order valence-electron chi connectivity index (χ3n) is 3.90. The predicted octanol–water partition coefficient (Wildman–Crippen LogP) is 2.53. The van der Waals surface area contributed by atoms with Crippen molar-refractivity contribution in [2.45, 2.75) is 44.3 Å². The summed E-state index contributed by atoms with van der Waals surface area (Å²) < 4.78 is 35.3. The standard InChI is InChI=1S/C20H24N4O4S/c1-20(2,3)23-29(26,27)18-8-5-4-7-15(18)13-21-19(25)17-10-9-16(28-17)14-24-12-6-11-22-24/h4-12,23H,13-14H2,1-3H3,(H,21,25). The minimum Gasteiger partial charge on any atom is -0.454 e. The summed E-state index contributed by atoms with van der Waals surface area (Å²) in [6.07, 6.45) is 3.46. The molecule has 0 aliphatic rings. The van der Waals surface area contributed by atoms with Gasteiger partial charge in [0.05, 0.1) is 11.4 Å². The van der Waals surface area contributed by atoms with Gasteiger partial charge in [-0.25, -0.2) is 13.1 Å². The van der Waals surface area contributed by atoms with Gasteiger partial charge in [0.1, 0.15) is 5.76 Å². The lowest BCUT2D eigenvalue weighted by molar-refractivity contribution is 0.0920. The normalized spacial score (nSPS) is 12.1. The van der Waals surface area contributed by atoms with Crippen molar-refractivity contribution < 1.29 is 17.6 Å². The molecule has 0 fully saturated rings. The third-order valence-corrected chi connectivity index (χ3v) is 5.76. The zero-order chi connectivity index (χ0) is 21.1. The number of rotatable bonds is 7. The monoisotopic (exact) mass is 416 g/mol. The van der Waals surface area contributed by atoms with E-state index in [9.17, 15) is 13.2 Å². The van der Waals surface area contributed by atoms with Gasteiger partial charge >= 0.3 is 0 Å². The van der Waals surface area contributed by atoms with E-state index in [4.69, 9.17) is 4.42 Å². The van der Waals surface area contributed by atoms with Gasteiger partial charge in [0.15, 0.2) is 5.76 Å². The van der Waals surface area contributed by atoms with Crippen molar-refractivity contribution in [3.8, 4) is 0 Å². The van der Waals surface area contributed by atoms with Crippen molar-refractivity contribution in [2.24, 2.45) is 0 Å². The fourth-order valence-electron chi connectivity index (χ4n) is 2.77. The maximum Gasteiger partial charge on any atom is 0.287 e. The van der Waals surface area contributed by atoms with E-state index in [0.29, 0.717) is 17.9 Å². The Morgan fingerprint density at radius 3 is 2.59 bits per heavy atom. The van der Waals surface area contributed by atoms with Crippen LogP contribution in [0.15, 0.2) is 64.2 Å². The van der Waals surface area contributed by atoms with Crippen molar-refractivity contribution in [2.75, 3.05) is 0 Å². The SMILES string of the molecule is CC(C)(C)NS(=O)(=O)c1ccccc1CNC(=O)c1ccc(Cn2cccn2)o1. The Bertz CT molecular complexity index is 1080. The first-order valence-electron chi connectivity index (χ1n) is 9.10. The summed E-state index contributed by atoms with van der Waals surface area (Å²) in [5, 5.41) is 6.81. The van der Waals surface area contributed by atoms with Crippen molar-refractivity contribution in [3.63, 3.8) is 0 Å². The number of carbonyl (C=O) groups is 1. The van der Waals surface area contributed by atoms with Crippen LogP contribution in [0.25, 0.3) is 0 Å². The smallest absolute Gasteiger partial charge is 0.287 e. The van der Waals surface area contributed by atoms with Gasteiger partial charge in [-0.1, -0.05) is 18.2 Å². The van der Waals surface area contributed by atoms with Crippen molar-refractivity contribution in [1.29, 1.82) is 0 Å². The Labute approximate surface area is 170 Å². The molecule has 8 nitrogen and oxygen atoms in total. The van der Waals surface area contributed by atoms with Gasteiger partial charge in [-0.2, -0.15) is 5.10 Å². The Morgan fingerprint density at radius 1 is 1.14 bits per heavy atom. The first kappa shape index (κ1) is 20.8. The number of carbonyl (C=O) groups excluding carboxylic acids is 1. The fourth-order valence-corrected chi connectivity index (χ4v) is 4.43. The lowest BCUT2D eigenvalue weighted by atomic mass is 10.1. The molecule has 0 aliphatic carbocycles. The van der Waals surface area contributed by atoms with Crippen LogP contribution in [0.4, 0.5) is 0 Å². The lowest BCUT2D eigenvalue weighted by Crippen LogP contribution is -2.41. The van der Waals surface area contributed by atoms with Gasteiger partial charge in [0.2, 0.25) is 10.0 Å². The molecule has 1 amide bonds. The number of hydrogen-bond acceptors (Lipinski definition) is 5. The Kier molecular flexibility index (Phi) is 5.90. The summed E-state index contributed by atoms with van der Waals surface area (Å²) in [4.78, 5) is 12.6. The van der Waals surface area contributed by atoms with Crippen LogP contribution in [0.3, 0.4) is 0 Å². The molecule has 0 bridgehead atoms. The highest BCUT2D eigenvalue weighted by Crippen LogP contribution is 2.18. The second-order valence-corrected chi connectivity index (χ2v) is 9.27. The second-order valence-electron chi connectivity index (χ2n) is 7.62. The molecule has 154 valence electrons. The van der Waals surface area contributed by atoms with Gasteiger partial charge < -0.3 is 9.73 Å². The average molecular weight is 417 g/mol. The van der Waals surface area contributed by atoms with Crippen LogP contribution in [0, 0.1) is 0 Å². The zero-order valence-corrected chi connectivity index (χ0v) is 17.4. The third kappa shape index (κ3) is 5.55. The van der Waals surface area contributed by atoms with Gasteiger partial charge in [-0.05, 0) is 50.6 Å². The molecule has 3 rings (SSSR count). The van der Waals surface area contributed by atoms with E-state index in [1.165, 1.54) is 6.07 Å². The number of hydrogen-bond donors (Lipinski definition) is 2. The van der Waals surface area contributed by atoms with Crippen LogP contribution in [-0.2, 0) is 23.1 Å². The highest BCUT2D eigenvalue weighted by molar-refractivity contribution is 7.89. The van der Waals surface area contributed by atoms with E-state index in [1.807, 2.05) is 0 Å². The molecule has 29 heavy (non-hydrogen) atoms. The van der Waals surface area contributed by atoms with Crippen LogP contribution < -0.4 is 10.0 Å². The van der Waals surface area contributed by atoms with Crippen LogP contribution in [0.2, 0.25) is 0 Å². The van der Waals surface area contributed by atoms with Crippen LogP contribution in [-0.4, -0.2) is 29.6 Å². The topological polar surface area (TPSA) is 106 Å². The van der Waals surface area contributed by atoms with Crippen LogP contribution in [0.5, 0.6) is 0 Å². The predicted molar refractivity (Wildman–Crippen MR) is 108 cm³/mol. The average Bonchev–Trinajstić information content (AvgIpc) is 3.30. The Balaban J connectivity index is 1.69. The number of sulfonamides is 1. The molecule has 0 saturated carbocycles.